The lowest BCUT2D eigenvalue weighted by Crippen LogP contribution is -2.44. The first-order valence-electron chi connectivity index (χ1n) is 13.2. The van der Waals surface area contributed by atoms with Crippen molar-refractivity contribution >= 4 is 23.3 Å². The molecule has 3 aliphatic rings. The minimum Gasteiger partial charge on any atom is -0.411 e. The summed E-state index contributed by atoms with van der Waals surface area (Å²) in [5, 5.41) is 16.5. The molecule has 5 rings (SSSR count). The highest BCUT2D eigenvalue weighted by Gasteiger charge is 2.57. The number of halogens is 1. The van der Waals surface area contributed by atoms with Gasteiger partial charge >= 0.3 is 0 Å². The van der Waals surface area contributed by atoms with Gasteiger partial charge in [0.2, 0.25) is 5.91 Å². The third kappa shape index (κ3) is 4.51. The number of benzene rings is 1. The van der Waals surface area contributed by atoms with Crippen molar-refractivity contribution in [3.63, 3.8) is 0 Å². The van der Waals surface area contributed by atoms with Crippen molar-refractivity contribution in [1.29, 1.82) is 0 Å². The van der Waals surface area contributed by atoms with Crippen molar-refractivity contribution in [2.75, 3.05) is 19.4 Å². The largest absolute Gasteiger partial charge is 0.411 e. The number of aromatic nitrogens is 1. The summed E-state index contributed by atoms with van der Waals surface area (Å²) in [6, 6.07) is 8.76. The average molecular weight is 507 g/mol. The zero-order chi connectivity index (χ0) is 26.3. The van der Waals surface area contributed by atoms with Crippen LogP contribution in [0.25, 0.3) is 0 Å². The molecule has 5 atom stereocenters. The van der Waals surface area contributed by atoms with Gasteiger partial charge in [0.25, 0.3) is 5.91 Å². The van der Waals surface area contributed by atoms with Crippen LogP contribution in [0.15, 0.2) is 41.7 Å². The van der Waals surface area contributed by atoms with E-state index in [1.807, 2.05) is 6.07 Å². The van der Waals surface area contributed by atoms with E-state index in [1.54, 1.807) is 32.3 Å². The Morgan fingerprint density at radius 2 is 2.05 bits per heavy atom. The first kappa shape index (κ1) is 25.4. The van der Waals surface area contributed by atoms with Gasteiger partial charge in [-0.2, -0.15) is 0 Å². The van der Waals surface area contributed by atoms with Gasteiger partial charge in [0.05, 0.1) is 11.3 Å². The molecule has 0 radical (unpaired) electrons. The topological polar surface area (TPSA) is 94.9 Å². The van der Waals surface area contributed by atoms with Crippen LogP contribution in [0.3, 0.4) is 0 Å². The van der Waals surface area contributed by atoms with Gasteiger partial charge in [-0.1, -0.05) is 24.2 Å². The van der Waals surface area contributed by atoms with Gasteiger partial charge < -0.3 is 15.4 Å². The van der Waals surface area contributed by atoms with E-state index in [0.29, 0.717) is 42.5 Å². The number of oxime groups is 1. The number of carbonyl (C=O) groups is 2. The molecule has 0 spiro atoms. The Morgan fingerprint density at radius 1 is 1.24 bits per heavy atom. The minimum atomic E-state index is -0.196. The maximum absolute atomic E-state index is 14.5. The zero-order valence-corrected chi connectivity index (χ0v) is 21.7. The highest BCUT2D eigenvalue weighted by molar-refractivity contribution is 5.95. The molecule has 3 unspecified atom stereocenters. The zero-order valence-electron chi connectivity index (χ0n) is 21.7. The van der Waals surface area contributed by atoms with E-state index in [1.165, 1.54) is 11.1 Å². The molecule has 2 aromatic rings. The van der Waals surface area contributed by atoms with Crippen LogP contribution in [0.1, 0.15) is 72.9 Å². The molecule has 8 heteroatoms. The number of carbonyl (C=O) groups excluding carboxylic acids is 2. The molecule has 0 bridgehead atoms. The summed E-state index contributed by atoms with van der Waals surface area (Å²) in [4.78, 5) is 30.6. The fourth-order valence-electron chi connectivity index (χ4n) is 7.45. The van der Waals surface area contributed by atoms with E-state index in [-0.39, 0.29) is 34.9 Å². The fourth-order valence-corrected chi connectivity index (χ4v) is 7.45. The summed E-state index contributed by atoms with van der Waals surface area (Å²) in [6.07, 6.45) is 6.67. The van der Waals surface area contributed by atoms with E-state index >= 15 is 0 Å². The highest BCUT2D eigenvalue weighted by atomic mass is 19.1. The Kier molecular flexibility index (Phi) is 6.77. The Balaban J connectivity index is 1.29. The Hall–Kier alpha value is -3.29. The van der Waals surface area contributed by atoms with Gasteiger partial charge in [0.15, 0.2) is 0 Å². The number of pyridine rings is 1. The quantitative estimate of drug-likeness (QED) is 0.428. The van der Waals surface area contributed by atoms with Crippen LogP contribution in [0.5, 0.6) is 0 Å². The third-order valence-corrected chi connectivity index (χ3v) is 9.14. The average Bonchev–Trinajstić information content (AvgIpc) is 3.19. The summed E-state index contributed by atoms with van der Waals surface area (Å²) in [7, 11) is 3.36. The van der Waals surface area contributed by atoms with E-state index in [9.17, 15) is 19.2 Å². The molecule has 1 aromatic heterocycles. The molecular formula is C29H35FN4O3. The molecule has 37 heavy (non-hydrogen) atoms. The highest BCUT2D eigenvalue weighted by Crippen LogP contribution is 2.62. The van der Waals surface area contributed by atoms with Gasteiger partial charge in [-0.25, -0.2) is 9.37 Å². The summed E-state index contributed by atoms with van der Waals surface area (Å²) < 4.78 is 14.5. The molecule has 2 N–H and O–H groups in total. The second kappa shape index (κ2) is 9.88. The number of rotatable bonds is 5. The van der Waals surface area contributed by atoms with Crippen LogP contribution in [0.2, 0.25) is 0 Å². The van der Waals surface area contributed by atoms with Crippen LogP contribution >= 0.6 is 0 Å². The lowest BCUT2D eigenvalue weighted by atomic mass is 9.54. The standard InChI is InChI=1S/C29H35FN4O3/c1-29-14-13-20-19-5-4-6-23(30)21(19)9-10-22(20)27(29)17(15-24(29)33-37)8-12-26(35)32-25-11-7-18(16-31-25)28(36)34(2)3/h4-7,11,16-17,20,22,27,37H,8-10,12-15H2,1-3H3,(H,31,32,35)/b33-24+/t17-,20?,22?,27?,29-/m1/s1. The van der Waals surface area contributed by atoms with Crippen molar-refractivity contribution in [3.05, 3.63) is 59.0 Å². The monoisotopic (exact) mass is 506 g/mol. The van der Waals surface area contributed by atoms with Crippen LogP contribution in [0.4, 0.5) is 10.2 Å². The van der Waals surface area contributed by atoms with Crippen LogP contribution in [-0.2, 0) is 11.2 Å². The molecule has 7 nitrogen and oxygen atoms in total. The first-order chi connectivity index (χ1) is 17.7. The third-order valence-electron chi connectivity index (χ3n) is 9.14. The van der Waals surface area contributed by atoms with Crippen LogP contribution in [-0.4, -0.2) is 46.7 Å². The molecule has 196 valence electrons. The van der Waals surface area contributed by atoms with Gasteiger partial charge in [0.1, 0.15) is 11.6 Å². The van der Waals surface area contributed by atoms with Crippen molar-refractivity contribution in [1.82, 2.24) is 9.88 Å². The lowest BCUT2D eigenvalue weighted by molar-refractivity contribution is -0.116. The lowest BCUT2D eigenvalue weighted by Gasteiger charge is -2.50. The van der Waals surface area contributed by atoms with Crippen molar-refractivity contribution in [2.24, 2.45) is 28.3 Å². The van der Waals surface area contributed by atoms with E-state index in [0.717, 1.165) is 42.5 Å². The molecule has 1 aromatic carbocycles. The molecule has 2 amide bonds. The summed E-state index contributed by atoms with van der Waals surface area (Å²) in [5.41, 5.74) is 3.12. The number of nitrogens with one attached hydrogen (secondary N) is 1. The second-order valence-corrected chi connectivity index (χ2v) is 11.3. The first-order valence-corrected chi connectivity index (χ1v) is 13.2. The maximum Gasteiger partial charge on any atom is 0.254 e. The van der Waals surface area contributed by atoms with Crippen molar-refractivity contribution < 1.29 is 19.2 Å². The van der Waals surface area contributed by atoms with E-state index < -0.39 is 0 Å². The number of fused-ring (bicyclic) bond motifs is 5. The Labute approximate surface area is 217 Å². The molecular weight excluding hydrogens is 471 g/mol. The predicted molar refractivity (Wildman–Crippen MR) is 139 cm³/mol. The van der Waals surface area contributed by atoms with Gasteiger partial charge in [0, 0.05) is 32.1 Å². The summed E-state index contributed by atoms with van der Waals surface area (Å²) >= 11 is 0. The normalized spacial score (nSPS) is 29.2. The van der Waals surface area contributed by atoms with E-state index in [4.69, 9.17) is 0 Å². The molecule has 1 heterocycles. The minimum absolute atomic E-state index is 0.103. The smallest absolute Gasteiger partial charge is 0.254 e. The van der Waals surface area contributed by atoms with Crippen LogP contribution in [0, 0.1) is 29.0 Å². The molecule has 2 saturated carbocycles. The van der Waals surface area contributed by atoms with E-state index in [2.05, 4.69) is 28.4 Å². The van der Waals surface area contributed by atoms with Gasteiger partial charge in [-0.15, -0.1) is 0 Å². The van der Waals surface area contributed by atoms with Gasteiger partial charge in [-0.05, 0) is 91.5 Å². The molecule has 0 aliphatic heterocycles. The number of nitrogens with zero attached hydrogens (tertiary/aromatic N) is 3. The summed E-state index contributed by atoms with van der Waals surface area (Å²) in [6.45, 7) is 2.21. The maximum atomic E-state index is 14.5. The fraction of sp³-hybridized carbons (Fsp3) is 0.517. The molecule has 0 saturated heterocycles. The second-order valence-electron chi connectivity index (χ2n) is 11.3. The van der Waals surface area contributed by atoms with Gasteiger partial charge in [-0.3, -0.25) is 9.59 Å². The SMILES string of the molecule is CN(C)C(=O)c1ccc(NC(=O)CC[C@@H]2C/C(=N\O)[C@@]3(C)CCC4c5cccc(F)c5CCC4C23)nc1. The Morgan fingerprint density at radius 3 is 2.76 bits per heavy atom. The number of hydrogen-bond acceptors (Lipinski definition) is 5. The molecule has 3 aliphatic carbocycles. The summed E-state index contributed by atoms with van der Waals surface area (Å²) in [5.74, 6) is 1.23. The predicted octanol–water partition coefficient (Wildman–Crippen LogP) is 5.25. The number of anilines is 1. The number of hydrogen-bond donors (Lipinski definition) is 2. The van der Waals surface area contributed by atoms with Crippen molar-refractivity contribution in [3.8, 4) is 0 Å². The number of amides is 2. The van der Waals surface area contributed by atoms with Crippen LogP contribution < -0.4 is 5.32 Å². The van der Waals surface area contributed by atoms with Crippen molar-refractivity contribution in [2.45, 2.75) is 57.8 Å². The Bertz CT molecular complexity index is 1230. The molecule has 2 fully saturated rings.